The van der Waals surface area contributed by atoms with Crippen molar-refractivity contribution >= 4 is 23.0 Å². The molecular formula is C24H32N4O. The first-order chi connectivity index (χ1) is 14.2. The number of hydrogen-bond acceptors (Lipinski definition) is 4. The molecule has 1 aromatic carbocycles. The number of anilines is 3. The third-order valence-corrected chi connectivity index (χ3v) is 6.25. The average Bonchev–Trinajstić information content (AvgIpc) is 2.80. The highest BCUT2D eigenvalue weighted by molar-refractivity contribution is 6.03. The van der Waals surface area contributed by atoms with E-state index in [0.29, 0.717) is 11.7 Å². The number of nitrogens with one attached hydrogen (secondary N) is 1. The summed E-state index contributed by atoms with van der Waals surface area (Å²) in [6.07, 6.45) is 10.5. The Morgan fingerprint density at radius 3 is 2.52 bits per heavy atom. The molecule has 154 valence electrons. The molecule has 0 radical (unpaired) electrons. The van der Waals surface area contributed by atoms with Crippen molar-refractivity contribution < 1.29 is 4.79 Å². The number of carbonyl (C=O) groups excluding carboxylic acids is 1. The van der Waals surface area contributed by atoms with Crippen molar-refractivity contribution in [3.05, 3.63) is 48.3 Å². The van der Waals surface area contributed by atoms with E-state index < -0.39 is 0 Å². The number of hydrogen-bond donors (Lipinski definition) is 1. The molecule has 1 atom stereocenters. The second-order valence-corrected chi connectivity index (χ2v) is 8.20. The van der Waals surface area contributed by atoms with Gasteiger partial charge in [-0.15, -0.1) is 0 Å². The largest absolute Gasteiger partial charge is 0.372 e. The fraction of sp³-hybridized carbons (Fsp3) is 0.500. The van der Waals surface area contributed by atoms with E-state index in [4.69, 9.17) is 0 Å². The Balaban J connectivity index is 1.43. The minimum absolute atomic E-state index is 0.150. The quantitative estimate of drug-likeness (QED) is 0.770. The maximum Gasteiger partial charge on any atom is 0.274 e. The molecule has 4 rings (SSSR count). The van der Waals surface area contributed by atoms with E-state index in [1.165, 1.54) is 44.2 Å². The summed E-state index contributed by atoms with van der Waals surface area (Å²) in [5, 5.41) is 3.01. The van der Waals surface area contributed by atoms with Gasteiger partial charge in [0.05, 0.1) is 0 Å². The van der Waals surface area contributed by atoms with Gasteiger partial charge in [0.2, 0.25) is 0 Å². The van der Waals surface area contributed by atoms with E-state index in [-0.39, 0.29) is 5.91 Å². The molecule has 1 aromatic heterocycles. The van der Waals surface area contributed by atoms with Crippen LogP contribution in [0.5, 0.6) is 0 Å². The first-order valence-electron chi connectivity index (χ1n) is 11.1. The van der Waals surface area contributed by atoms with Crippen LogP contribution < -0.4 is 15.1 Å². The van der Waals surface area contributed by atoms with Crippen LogP contribution in [0.15, 0.2) is 42.6 Å². The van der Waals surface area contributed by atoms with Gasteiger partial charge in [-0.3, -0.25) is 9.78 Å². The van der Waals surface area contributed by atoms with Crippen LogP contribution in [0.4, 0.5) is 17.1 Å². The summed E-state index contributed by atoms with van der Waals surface area (Å²) in [6, 6.07) is 12.7. The zero-order valence-electron chi connectivity index (χ0n) is 17.4. The molecule has 3 heterocycles. The number of rotatable bonds is 5. The fourth-order valence-corrected chi connectivity index (χ4v) is 4.59. The zero-order valence-corrected chi connectivity index (χ0v) is 17.4. The van der Waals surface area contributed by atoms with Crippen LogP contribution >= 0.6 is 0 Å². The summed E-state index contributed by atoms with van der Waals surface area (Å²) < 4.78 is 0. The van der Waals surface area contributed by atoms with Gasteiger partial charge in [0.1, 0.15) is 5.69 Å². The number of amides is 1. The van der Waals surface area contributed by atoms with Crippen molar-refractivity contribution in [1.29, 1.82) is 0 Å². The molecule has 0 bridgehead atoms. The van der Waals surface area contributed by atoms with Gasteiger partial charge in [-0.1, -0.05) is 6.92 Å². The summed E-state index contributed by atoms with van der Waals surface area (Å²) in [5.41, 5.74) is 3.63. The number of pyridine rings is 1. The molecule has 1 N–H and O–H groups in total. The number of piperidine rings is 2. The monoisotopic (exact) mass is 392 g/mol. The number of benzene rings is 1. The Kier molecular flexibility index (Phi) is 6.33. The SMILES string of the molecule is CCC1CCCCN1c1ccnc(C(=O)Nc2ccc(N3CCCCC3)cc2)c1. The molecule has 1 unspecified atom stereocenters. The van der Waals surface area contributed by atoms with Crippen LogP contribution in [0.25, 0.3) is 0 Å². The van der Waals surface area contributed by atoms with Gasteiger partial charge in [-0.2, -0.15) is 0 Å². The van der Waals surface area contributed by atoms with E-state index in [0.717, 1.165) is 37.4 Å². The molecule has 2 saturated heterocycles. The Morgan fingerprint density at radius 2 is 1.76 bits per heavy atom. The van der Waals surface area contributed by atoms with Crippen LogP contribution in [0.2, 0.25) is 0 Å². The normalized spacial score (nSPS) is 19.8. The number of carbonyl (C=O) groups is 1. The molecule has 0 saturated carbocycles. The van der Waals surface area contributed by atoms with Gasteiger partial charge in [0.15, 0.2) is 0 Å². The maximum atomic E-state index is 12.8. The second kappa shape index (κ2) is 9.29. The van der Waals surface area contributed by atoms with E-state index in [2.05, 4.69) is 39.2 Å². The molecule has 2 aliphatic heterocycles. The predicted molar refractivity (Wildman–Crippen MR) is 120 cm³/mol. The van der Waals surface area contributed by atoms with Crippen LogP contribution in [0.1, 0.15) is 62.4 Å². The second-order valence-electron chi connectivity index (χ2n) is 8.20. The zero-order chi connectivity index (χ0) is 20.1. The lowest BCUT2D eigenvalue weighted by Gasteiger charge is -2.37. The lowest BCUT2D eigenvalue weighted by atomic mass is 9.99. The van der Waals surface area contributed by atoms with E-state index in [9.17, 15) is 4.79 Å². The third-order valence-electron chi connectivity index (χ3n) is 6.25. The van der Waals surface area contributed by atoms with E-state index >= 15 is 0 Å². The van der Waals surface area contributed by atoms with Crippen molar-refractivity contribution in [2.24, 2.45) is 0 Å². The highest BCUT2D eigenvalue weighted by Gasteiger charge is 2.22. The standard InChI is InChI=1S/C24H32N4O/c1-2-20-8-4-7-17-28(20)22-13-14-25-23(18-22)24(29)26-19-9-11-21(12-10-19)27-15-5-3-6-16-27/h9-14,18,20H,2-8,15-17H2,1H3,(H,26,29). The summed E-state index contributed by atoms with van der Waals surface area (Å²) >= 11 is 0. The van der Waals surface area contributed by atoms with E-state index in [1.54, 1.807) is 6.20 Å². The maximum absolute atomic E-state index is 12.8. The fourth-order valence-electron chi connectivity index (χ4n) is 4.59. The summed E-state index contributed by atoms with van der Waals surface area (Å²) in [5.74, 6) is -0.150. The Labute approximate surface area is 174 Å². The van der Waals surface area contributed by atoms with E-state index in [1.807, 2.05) is 24.3 Å². The molecule has 1 amide bonds. The van der Waals surface area contributed by atoms with Crippen molar-refractivity contribution in [3.63, 3.8) is 0 Å². The van der Waals surface area contributed by atoms with Gasteiger partial charge >= 0.3 is 0 Å². The van der Waals surface area contributed by atoms with Crippen molar-refractivity contribution in [2.45, 2.75) is 57.9 Å². The smallest absolute Gasteiger partial charge is 0.274 e. The molecule has 2 aliphatic rings. The molecule has 29 heavy (non-hydrogen) atoms. The van der Waals surface area contributed by atoms with Crippen molar-refractivity contribution in [1.82, 2.24) is 4.98 Å². The Morgan fingerprint density at radius 1 is 1.00 bits per heavy atom. The number of aromatic nitrogens is 1. The molecule has 2 aromatic rings. The Hall–Kier alpha value is -2.56. The van der Waals surface area contributed by atoms with Crippen LogP contribution in [0.3, 0.4) is 0 Å². The van der Waals surface area contributed by atoms with Gasteiger partial charge in [-0.05, 0) is 81.3 Å². The van der Waals surface area contributed by atoms with Gasteiger partial charge < -0.3 is 15.1 Å². The molecule has 5 heteroatoms. The van der Waals surface area contributed by atoms with Gasteiger partial charge in [-0.25, -0.2) is 0 Å². The minimum atomic E-state index is -0.150. The van der Waals surface area contributed by atoms with Crippen LogP contribution in [-0.4, -0.2) is 36.6 Å². The van der Waals surface area contributed by atoms with Crippen molar-refractivity contribution in [2.75, 3.05) is 34.8 Å². The molecule has 0 spiro atoms. The summed E-state index contributed by atoms with van der Waals surface area (Å²) in [7, 11) is 0. The lowest BCUT2D eigenvalue weighted by molar-refractivity contribution is 0.102. The number of nitrogens with zero attached hydrogens (tertiary/aromatic N) is 3. The topological polar surface area (TPSA) is 48.5 Å². The lowest BCUT2D eigenvalue weighted by Crippen LogP contribution is -2.39. The van der Waals surface area contributed by atoms with Crippen LogP contribution in [0, 0.1) is 0 Å². The summed E-state index contributed by atoms with van der Waals surface area (Å²) in [4.78, 5) is 22.0. The first-order valence-corrected chi connectivity index (χ1v) is 11.1. The van der Waals surface area contributed by atoms with Crippen LogP contribution in [-0.2, 0) is 0 Å². The third kappa shape index (κ3) is 4.72. The highest BCUT2D eigenvalue weighted by Crippen LogP contribution is 2.27. The summed E-state index contributed by atoms with van der Waals surface area (Å²) in [6.45, 7) is 5.54. The van der Waals surface area contributed by atoms with Crippen molar-refractivity contribution in [3.8, 4) is 0 Å². The van der Waals surface area contributed by atoms with Gasteiger partial charge in [0, 0.05) is 48.9 Å². The molecule has 2 fully saturated rings. The minimum Gasteiger partial charge on any atom is -0.372 e. The van der Waals surface area contributed by atoms with Gasteiger partial charge in [0.25, 0.3) is 5.91 Å². The predicted octanol–water partition coefficient (Wildman–Crippen LogP) is 5.09. The highest BCUT2D eigenvalue weighted by atomic mass is 16.1. The Bertz CT molecular complexity index is 814. The molecule has 5 nitrogen and oxygen atoms in total. The average molecular weight is 393 g/mol. The first kappa shape index (κ1) is 19.7. The molecule has 0 aliphatic carbocycles. The molecular weight excluding hydrogens is 360 g/mol.